The van der Waals surface area contributed by atoms with Gasteiger partial charge in [0.25, 0.3) is 0 Å². The topological polar surface area (TPSA) is 66.4 Å². The molecule has 0 aliphatic rings. The largest absolute Gasteiger partial charge is 0.388 e. The third kappa shape index (κ3) is 4.15. The number of anilines is 1. The highest BCUT2D eigenvalue weighted by Crippen LogP contribution is 2.17. The Hall–Kier alpha value is -2.17. The average molecular weight is 304 g/mol. The molecule has 2 aromatic carbocycles. The Morgan fingerprint density at radius 3 is 2.57 bits per heavy atom. The first-order valence-electron chi connectivity index (χ1n) is 6.37. The summed E-state index contributed by atoms with van der Waals surface area (Å²) in [5.74, 6) is -0.691. The molecule has 0 radical (unpaired) electrons. The highest BCUT2D eigenvalue weighted by Gasteiger charge is 2.12. The number of Topliss-reactive ketones (excluding diaryl/α,β-unsaturated/α-hetero) is 1. The van der Waals surface area contributed by atoms with E-state index < -0.39 is 12.4 Å². The molecule has 2 aromatic rings. The van der Waals surface area contributed by atoms with E-state index in [1.54, 1.807) is 48.5 Å². The number of nitrogens with one attached hydrogen (secondary N) is 1. The minimum atomic E-state index is -0.596. The fourth-order valence-electron chi connectivity index (χ4n) is 1.95. The number of amides is 1. The van der Waals surface area contributed by atoms with Gasteiger partial charge in [-0.2, -0.15) is 0 Å². The molecule has 0 unspecified atom stereocenters. The van der Waals surface area contributed by atoms with E-state index >= 15 is 0 Å². The third-order valence-electron chi connectivity index (χ3n) is 2.90. The van der Waals surface area contributed by atoms with E-state index in [-0.39, 0.29) is 12.3 Å². The molecular formula is C16H14ClNO3. The Morgan fingerprint density at radius 2 is 1.86 bits per heavy atom. The highest BCUT2D eigenvalue weighted by molar-refractivity contribution is 6.30. The molecule has 0 fully saturated rings. The van der Waals surface area contributed by atoms with Crippen molar-refractivity contribution in [3.63, 3.8) is 0 Å². The molecule has 0 aliphatic carbocycles. The maximum atomic E-state index is 12.0. The van der Waals surface area contributed by atoms with E-state index in [1.165, 1.54) is 0 Å². The van der Waals surface area contributed by atoms with Crippen LogP contribution in [0.4, 0.5) is 5.69 Å². The van der Waals surface area contributed by atoms with Gasteiger partial charge in [-0.25, -0.2) is 0 Å². The summed E-state index contributed by atoms with van der Waals surface area (Å²) in [6.07, 6.45) is 0.155. The van der Waals surface area contributed by atoms with Gasteiger partial charge in [0.2, 0.25) is 5.91 Å². The van der Waals surface area contributed by atoms with E-state index in [1.807, 2.05) is 0 Å². The zero-order valence-electron chi connectivity index (χ0n) is 11.2. The molecule has 0 bridgehead atoms. The first kappa shape index (κ1) is 15.2. The van der Waals surface area contributed by atoms with Gasteiger partial charge in [-0.1, -0.05) is 35.9 Å². The van der Waals surface area contributed by atoms with Crippen LogP contribution < -0.4 is 5.32 Å². The molecule has 0 aliphatic heterocycles. The Labute approximate surface area is 127 Å². The van der Waals surface area contributed by atoms with Crippen LogP contribution in [0.1, 0.15) is 15.9 Å². The van der Waals surface area contributed by atoms with Gasteiger partial charge >= 0.3 is 0 Å². The lowest BCUT2D eigenvalue weighted by atomic mass is 10.1. The monoisotopic (exact) mass is 303 g/mol. The lowest BCUT2D eigenvalue weighted by Gasteiger charge is -2.09. The Balaban J connectivity index is 2.11. The number of rotatable bonds is 5. The summed E-state index contributed by atoms with van der Waals surface area (Å²) >= 11 is 5.87. The second kappa shape index (κ2) is 7.02. The quantitative estimate of drug-likeness (QED) is 0.835. The van der Waals surface area contributed by atoms with Gasteiger partial charge in [-0.3, -0.25) is 9.59 Å². The van der Waals surface area contributed by atoms with Crippen LogP contribution >= 0.6 is 11.6 Å². The summed E-state index contributed by atoms with van der Waals surface area (Å²) in [7, 11) is 0. The second-order valence-electron chi connectivity index (χ2n) is 4.48. The van der Waals surface area contributed by atoms with Crippen LogP contribution in [0.3, 0.4) is 0 Å². The van der Waals surface area contributed by atoms with Crippen molar-refractivity contribution in [3.8, 4) is 0 Å². The maximum Gasteiger partial charge on any atom is 0.228 e. The molecule has 0 saturated carbocycles. The van der Waals surface area contributed by atoms with Gasteiger partial charge in [0.1, 0.15) is 6.61 Å². The molecule has 0 spiro atoms. The number of hydrogen-bond acceptors (Lipinski definition) is 3. The van der Waals surface area contributed by atoms with Crippen LogP contribution in [0.15, 0.2) is 48.5 Å². The molecule has 21 heavy (non-hydrogen) atoms. The van der Waals surface area contributed by atoms with E-state index in [9.17, 15) is 9.59 Å². The lowest BCUT2D eigenvalue weighted by molar-refractivity contribution is -0.115. The van der Waals surface area contributed by atoms with Gasteiger partial charge in [0, 0.05) is 10.6 Å². The highest BCUT2D eigenvalue weighted by atomic mass is 35.5. The lowest BCUT2D eigenvalue weighted by Crippen LogP contribution is -2.17. The maximum absolute atomic E-state index is 12.0. The summed E-state index contributed by atoms with van der Waals surface area (Å²) in [5.41, 5.74) is 1.47. The Morgan fingerprint density at radius 1 is 1.10 bits per heavy atom. The van der Waals surface area contributed by atoms with E-state index in [0.717, 1.165) is 5.56 Å². The molecule has 4 nitrogen and oxygen atoms in total. The predicted molar refractivity (Wildman–Crippen MR) is 81.6 cm³/mol. The van der Waals surface area contributed by atoms with Crippen molar-refractivity contribution >= 4 is 29.0 Å². The normalized spacial score (nSPS) is 10.2. The predicted octanol–water partition coefficient (Wildman–Crippen LogP) is 2.70. The van der Waals surface area contributed by atoms with Crippen molar-refractivity contribution < 1.29 is 14.7 Å². The third-order valence-corrected chi connectivity index (χ3v) is 3.13. The summed E-state index contributed by atoms with van der Waals surface area (Å²) in [6.45, 7) is -0.596. The number of aliphatic hydroxyl groups is 1. The minimum Gasteiger partial charge on any atom is -0.388 e. The van der Waals surface area contributed by atoms with Gasteiger partial charge in [0.05, 0.1) is 12.1 Å². The molecular weight excluding hydrogens is 290 g/mol. The summed E-state index contributed by atoms with van der Waals surface area (Å²) in [4.78, 5) is 23.6. The number of aliphatic hydroxyl groups excluding tert-OH is 1. The summed E-state index contributed by atoms with van der Waals surface area (Å²) in [5, 5.41) is 12.2. The summed E-state index contributed by atoms with van der Waals surface area (Å²) in [6, 6.07) is 13.6. The van der Waals surface area contributed by atoms with Crippen LogP contribution in [0.25, 0.3) is 0 Å². The smallest absolute Gasteiger partial charge is 0.228 e. The SMILES string of the molecule is O=C(Cc1cccc(Cl)c1)Nc1ccccc1C(=O)CO. The van der Waals surface area contributed by atoms with Crippen molar-refractivity contribution in [1.82, 2.24) is 0 Å². The van der Waals surface area contributed by atoms with E-state index in [0.29, 0.717) is 16.3 Å². The van der Waals surface area contributed by atoms with Crippen molar-refractivity contribution in [2.45, 2.75) is 6.42 Å². The zero-order valence-corrected chi connectivity index (χ0v) is 11.9. The number of carbonyl (C=O) groups excluding carboxylic acids is 2. The van der Waals surface area contributed by atoms with Crippen molar-refractivity contribution in [2.24, 2.45) is 0 Å². The Kier molecular flexibility index (Phi) is 5.09. The molecule has 0 atom stereocenters. The average Bonchev–Trinajstić information content (AvgIpc) is 2.47. The van der Waals surface area contributed by atoms with Crippen LogP contribution in [0.2, 0.25) is 5.02 Å². The van der Waals surface area contributed by atoms with Gasteiger partial charge < -0.3 is 10.4 Å². The standard InChI is InChI=1S/C16H14ClNO3/c17-12-5-3-4-11(8-12)9-16(21)18-14-7-2-1-6-13(14)15(20)10-19/h1-8,19H,9-10H2,(H,18,21). The number of para-hydroxylation sites is 1. The van der Waals surface area contributed by atoms with Crippen LogP contribution in [-0.2, 0) is 11.2 Å². The first-order valence-corrected chi connectivity index (χ1v) is 6.75. The summed E-state index contributed by atoms with van der Waals surface area (Å²) < 4.78 is 0. The van der Waals surface area contributed by atoms with Crippen LogP contribution in [0, 0.1) is 0 Å². The van der Waals surface area contributed by atoms with Crippen molar-refractivity contribution in [2.75, 3.05) is 11.9 Å². The van der Waals surface area contributed by atoms with Gasteiger partial charge in [-0.15, -0.1) is 0 Å². The van der Waals surface area contributed by atoms with E-state index in [2.05, 4.69) is 5.32 Å². The van der Waals surface area contributed by atoms with Crippen LogP contribution in [0.5, 0.6) is 0 Å². The number of benzene rings is 2. The number of halogens is 1. The molecule has 0 aromatic heterocycles. The molecule has 1 amide bonds. The Bertz CT molecular complexity index is 670. The molecule has 2 N–H and O–H groups in total. The molecule has 108 valence electrons. The van der Waals surface area contributed by atoms with Gasteiger partial charge in [-0.05, 0) is 29.8 Å². The molecule has 2 rings (SSSR count). The number of hydrogen-bond donors (Lipinski definition) is 2. The minimum absolute atomic E-state index is 0.155. The molecule has 0 heterocycles. The van der Waals surface area contributed by atoms with Crippen molar-refractivity contribution in [3.05, 3.63) is 64.7 Å². The van der Waals surface area contributed by atoms with Crippen LogP contribution in [-0.4, -0.2) is 23.4 Å². The molecule has 0 saturated heterocycles. The first-order chi connectivity index (χ1) is 10.1. The molecule has 5 heteroatoms. The number of carbonyl (C=O) groups is 2. The second-order valence-corrected chi connectivity index (χ2v) is 4.92. The van der Waals surface area contributed by atoms with E-state index in [4.69, 9.17) is 16.7 Å². The fourth-order valence-corrected chi connectivity index (χ4v) is 2.16. The fraction of sp³-hybridized carbons (Fsp3) is 0.125. The van der Waals surface area contributed by atoms with Gasteiger partial charge in [0.15, 0.2) is 5.78 Å². The number of ketones is 1. The zero-order chi connectivity index (χ0) is 15.2. The van der Waals surface area contributed by atoms with Crippen molar-refractivity contribution in [1.29, 1.82) is 0 Å².